The van der Waals surface area contributed by atoms with Gasteiger partial charge in [0, 0.05) is 18.2 Å². The molecule has 0 saturated heterocycles. The lowest BCUT2D eigenvalue weighted by Gasteiger charge is -2.25. The van der Waals surface area contributed by atoms with E-state index < -0.39 is 0 Å². The highest BCUT2D eigenvalue weighted by Gasteiger charge is 2.24. The predicted molar refractivity (Wildman–Crippen MR) is 85.3 cm³/mol. The number of ether oxygens (including phenoxy) is 2. The van der Waals surface area contributed by atoms with Crippen LogP contribution >= 0.6 is 15.9 Å². The zero-order chi connectivity index (χ0) is 15.5. The van der Waals surface area contributed by atoms with Crippen molar-refractivity contribution in [3.63, 3.8) is 0 Å². The molecule has 1 unspecified atom stereocenters. The highest BCUT2D eigenvalue weighted by molar-refractivity contribution is 9.10. The molecule has 1 N–H and O–H groups in total. The monoisotopic (exact) mass is 362 g/mol. The largest absolute Gasteiger partial charge is 0.496 e. The molecule has 1 aliphatic rings. The van der Waals surface area contributed by atoms with Gasteiger partial charge >= 0.3 is 0 Å². The number of fused-ring (bicyclic) bond motifs is 1. The second kappa shape index (κ2) is 6.36. The van der Waals surface area contributed by atoms with Crippen LogP contribution in [0.2, 0.25) is 0 Å². The molecule has 1 aliphatic heterocycles. The molecular weight excluding hydrogens is 348 g/mol. The van der Waals surface area contributed by atoms with Gasteiger partial charge in [0.05, 0.1) is 24.2 Å². The van der Waals surface area contributed by atoms with Gasteiger partial charge in [-0.2, -0.15) is 0 Å². The summed E-state index contributed by atoms with van der Waals surface area (Å²) in [5, 5.41) is 3.01. The van der Waals surface area contributed by atoms with Crippen molar-refractivity contribution in [2.45, 2.75) is 12.5 Å². The van der Waals surface area contributed by atoms with Crippen LogP contribution in [0.4, 0.5) is 0 Å². The van der Waals surface area contributed by atoms with Crippen LogP contribution in [0.1, 0.15) is 28.5 Å². The van der Waals surface area contributed by atoms with E-state index in [1.54, 1.807) is 31.5 Å². The number of aromatic nitrogens is 1. The summed E-state index contributed by atoms with van der Waals surface area (Å²) in [5.41, 5.74) is 1.31. The van der Waals surface area contributed by atoms with E-state index >= 15 is 0 Å². The minimum absolute atomic E-state index is 0.146. The van der Waals surface area contributed by atoms with Crippen molar-refractivity contribution in [2.24, 2.45) is 0 Å². The van der Waals surface area contributed by atoms with Gasteiger partial charge in [-0.3, -0.25) is 9.78 Å². The van der Waals surface area contributed by atoms with Crippen molar-refractivity contribution in [2.75, 3.05) is 13.7 Å². The molecule has 114 valence electrons. The van der Waals surface area contributed by atoms with Crippen molar-refractivity contribution in [1.82, 2.24) is 10.3 Å². The Morgan fingerprint density at radius 1 is 1.45 bits per heavy atom. The second-order valence-electron chi connectivity index (χ2n) is 4.90. The molecule has 5 nitrogen and oxygen atoms in total. The van der Waals surface area contributed by atoms with Crippen LogP contribution in [-0.2, 0) is 0 Å². The second-order valence-corrected chi connectivity index (χ2v) is 5.75. The van der Waals surface area contributed by atoms with Crippen molar-refractivity contribution < 1.29 is 14.3 Å². The Labute approximate surface area is 136 Å². The fourth-order valence-electron chi connectivity index (χ4n) is 2.39. The lowest BCUT2D eigenvalue weighted by atomic mass is 10.1. The maximum absolute atomic E-state index is 12.5. The maximum atomic E-state index is 12.5. The molecule has 1 aromatic carbocycles. The first-order chi connectivity index (χ1) is 10.7. The van der Waals surface area contributed by atoms with Gasteiger partial charge in [0.25, 0.3) is 5.91 Å². The lowest BCUT2D eigenvalue weighted by Crippen LogP contribution is -2.32. The third kappa shape index (κ3) is 2.92. The number of hydrogen-bond donors (Lipinski definition) is 1. The smallest absolute Gasteiger partial charge is 0.251 e. The van der Waals surface area contributed by atoms with Gasteiger partial charge < -0.3 is 14.8 Å². The van der Waals surface area contributed by atoms with E-state index in [9.17, 15) is 4.79 Å². The quantitative estimate of drug-likeness (QED) is 0.911. The third-order valence-corrected chi connectivity index (χ3v) is 4.17. The molecule has 1 atom stereocenters. The number of benzene rings is 1. The molecule has 0 aliphatic carbocycles. The van der Waals surface area contributed by atoms with Crippen LogP contribution in [0, 0.1) is 0 Å². The van der Waals surface area contributed by atoms with Gasteiger partial charge in [-0.05, 0) is 46.3 Å². The van der Waals surface area contributed by atoms with Crippen LogP contribution < -0.4 is 14.8 Å². The number of hydrogen-bond acceptors (Lipinski definition) is 4. The van der Waals surface area contributed by atoms with Crippen molar-refractivity contribution in [1.29, 1.82) is 0 Å². The Balaban J connectivity index is 1.81. The van der Waals surface area contributed by atoms with E-state index in [0.717, 1.165) is 15.9 Å². The SMILES string of the molecule is COc1cc(C(=O)NC2CCOc3cccnc32)ccc1Br. The summed E-state index contributed by atoms with van der Waals surface area (Å²) in [6, 6.07) is 8.79. The summed E-state index contributed by atoms with van der Waals surface area (Å²) in [6.07, 6.45) is 2.40. The Morgan fingerprint density at radius 3 is 3.14 bits per heavy atom. The molecule has 0 fully saturated rings. The average molecular weight is 363 g/mol. The minimum Gasteiger partial charge on any atom is -0.496 e. The molecule has 0 radical (unpaired) electrons. The number of carbonyl (C=O) groups excluding carboxylic acids is 1. The van der Waals surface area contributed by atoms with E-state index in [2.05, 4.69) is 26.2 Å². The van der Waals surface area contributed by atoms with Crippen LogP contribution in [0.15, 0.2) is 41.0 Å². The van der Waals surface area contributed by atoms with Crippen LogP contribution in [0.25, 0.3) is 0 Å². The molecule has 1 aromatic heterocycles. The van der Waals surface area contributed by atoms with Crippen molar-refractivity contribution in [3.8, 4) is 11.5 Å². The van der Waals surface area contributed by atoms with Crippen molar-refractivity contribution in [3.05, 3.63) is 52.3 Å². The third-order valence-electron chi connectivity index (χ3n) is 3.51. The summed E-state index contributed by atoms with van der Waals surface area (Å²) < 4.78 is 11.6. The summed E-state index contributed by atoms with van der Waals surface area (Å²) in [4.78, 5) is 16.8. The van der Waals surface area contributed by atoms with Crippen LogP contribution in [0.3, 0.4) is 0 Å². The zero-order valence-electron chi connectivity index (χ0n) is 12.0. The summed E-state index contributed by atoms with van der Waals surface area (Å²) >= 11 is 3.38. The Kier molecular flexibility index (Phi) is 4.29. The lowest BCUT2D eigenvalue weighted by molar-refractivity contribution is 0.0922. The van der Waals surface area contributed by atoms with E-state index in [0.29, 0.717) is 24.3 Å². The molecule has 6 heteroatoms. The number of amides is 1. The number of nitrogens with one attached hydrogen (secondary N) is 1. The van der Waals surface area contributed by atoms with Crippen LogP contribution in [-0.4, -0.2) is 24.6 Å². The van der Waals surface area contributed by atoms with E-state index in [1.165, 1.54) is 0 Å². The zero-order valence-corrected chi connectivity index (χ0v) is 13.6. The standard InChI is InChI=1S/C16H15BrN2O3/c1-21-14-9-10(4-5-11(14)17)16(20)19-12-6-8-22-13-3-2-7-18-15(12)13/h2-5,7,9,12H,6,8H2,1H3,(H,19,20). The molecule has 3 rings (SSSR count). The van der Waals surface area contributed by atoms with Crippen molar-refractivity contribution >= 4 is 21.8 Å². The minimum atomic E-state index is -0.158. The number of rotatable bonds is 3. The fraction of sp³-hybridized carbons (Fsp3) is 0.250. The number of pyridine rings is 1. The molecule has 2 heterocycles. The topological polar surface area (TPSA) is 60.5 Å². The van der Waals surface area contributed by atoms with Gasteiger partial charge in [-0.25, -0.2) is 0 Å². The molecule has 2 aromatic rings. The van der Waals surface area contributed by atoms with E-state index in [4.69, 9.17) is 9.47 Å². The first-order valence-corrected chi connectivity index (χ1v) is 7.70. The highest BCUT2D eigenvalue weighted by atomic mass is 79.9. The van der Waals surface area contributed by atoms with Crippen LogP contribution in [0.5, 0.6) is 11.5 Å². The molecular formula is C16H15BrN2O3. The Hall–Kier alpha value is -2.08. The number of nitrogens with zero attached hydrogens (tertiary/aromatic N) is 1. The number of carbonyl (C=O) groups is 1. The highest BCUT2D eigenvalue weighted by Crippen LogP contribution is 2.30. The maximum Gasteiger partial charge on any atom is 0.251 e. The van der Waals surface area contributed by atoms with Gasteiger partial charge in [0.15, 0.2) is 0 Å². The van der Waals surface area contributed by atoms with Gasteiger partial charge in [0.2, 0.25) is 0 Å². The number of methoxy groups -OCH3 is 1. The van der Waals surface area contributed by atoms with Gasteiger partial charge in [0.1, 0.15) is 17.2 Å². The molecule has 22 heavy (non-hydrogen) atoms. The van der Waals surface area contributed by atoms with E-state index in [1.807, 2.05) is 12.1 Å². The fourth-order valence-corrected chi connectivity index (χ4v) is 2.80. The summed E-state index contributed by atoms with van der Waals surface area (Å²) in [7, 11) is 1.57. The normalized spacial score (nSPS) is 16.4. The summed E-state index contributed by atoms with van der Waals surface area (Å²) in [6.45, 7) is 0.563. The molecule has 1 amide bonds. The predicted octanol–water partition coefficient (Wildman–Crippen LogP) is 3.11. The molecule has 0 saturated carbocycles. The van der Waals surface area contributed by atoms with Gasteiger partial charge in [-0.1, -0.05) is 0 Å². The number of halogens is 1. The Bertz CT molecular complexity index is 706. The van der Waals surface area contributed by atoms with Gasteiger partial charge in [-0.15, -0.1) is 0 Å². The Morgan fingerprint density at radius 2 is 2.32 bits per heavy atom. The molecule has 0 bridgehead atoms. The average Bonchev–Trinajstić information content (AvgIpc) is 2.55. The first kappa shape index (κ1) is 14.8. The molecule has 0 spiro atoms. The van der Waals surface area contributed by atoms with E-state index in [-0.39, 0.29) is 11.9 Å². The first-order valence-electron chi connectivity index (χ1n) is 6.91. The summed E-state index contributed by atoms with van der Waals surface area (Å²) in [5.74, 6) is 1.19.